The van der Waals surface area contributed by atoms with Crippen LogP contribution < -0.4 is 0 Å². The van der Waals surface area contributed by atoms with E-state index in [0.717, 1.165) is 6.29 Å². The van der Waals surface area contributed by atoms with Gasteiger partial charge in [0.1, 0.15) is 6.29 Å². The Balaban J connectivity index is 0. The zero-order valence-corrected chi connectivity index (χ0v) is 8.71. The Kier molecular flexibility index (Phi) is 11.6. The third-order valence-electron chi connectivity index (χ3n) is 1.43. The van der Waals surface area contributed by atoms with Crippen LogP contribution in [-0.4, -0.2) is 6.29 Å². The summed E-state index contributed by atoms with van der Waals surface area (Å²) in [5.41, 5.74) is 2.74. The molecule has 1 rings (SSSR count). The predicted molar refractivity (Wildman–Crippen MR) is 58.9 cm³/mol. The van der Waals surface area contributed by atoms with Gasteiger partial charge in [-0.05, 0) is 31.9 Å². The first kappa shape index (κ1) is 14.2. The molecule has 0 aliphatic heterocycles. The average Bonchev–Trinajstić information content (AvgIpc) is 2.15. The van der Waals surface area contributed by atoms with Crippen LogP contribution in [0.15, 0.2) is 37.4 Å². The lowest BCUT2D eigenvalue weighted by atomic mass is 10.1. The van der Waals surface area contributed by atoms with Crippen molar-refractivity contribution in [3.8, 4) is 0 Å². The Morgan fingerprint density at radius 1 is 1.08 bits per heavy atom. The van der Waals surface area contributed by atoms with Crippen molar-refractivity contribution in [2.45, 2.75) is 20.8 Å². The fourth-order valence-electron chi connectivity index (χ4n) is 0.663. The second-order valence-corrected chi connectivity index (χ2v) is 2.32. The molecule has 0 saturated heterocycles. The van der Waals surface area contributed by atoms with Gasteiger partial charge in [0.15, 0.2) is 0 Å². The van der Waals surface area contributed by atoms with E-state index in [1.54, 1.807) is 0 Å². The minimum Gasteiger partial charge on any atom is -0.304 e. The molecule has 0 amide bonds. The van der Waals surface area contributed by atoms with Crippen molar-refractivity contribution in [2.75, 3.05) is 0 Å². The van der Waals surface area contributed by atoms with Gasteiger partial charge in [0, 0.05) is 0 Å². The van der Waals surface area contributed by atoms with Crippen molar-refractivity contribution in [1.29, 1.82) is 0 Å². The number of hydrogen-bond acceptors (Lipinski definition) is 1. The molecule has 0 N–H and O–H groups in total. The van der Waals surface area contributed by atoms with Crippen molar-refractivity contribution in [1.82, 2.24) is 0 Å². The second-order valence-electron chi connectivity index (χ2n) is 2.32. The van der Waals surface area contributed by atoms with Crippen molar-refractivity contribution < 1.29 is 4.79 Å². The topological polar surface area (TPSA) is 17.1 Å². The van der Waals surface area contributed by atoms with Crippen molar-refractivity contribution >= 4 is 6.29 Å². The summed E-state index contributed by atoms with van der Waals surface area (Å²) in [6.45, 7) is 11.7. The van der Waals surface area contributed by atoms with Crippen LogP contribution in [0.1, 0.15) is 18.1 Å². The molecule has 1 aromatic rings. The minimum absolute atomic E-state index is 0.750. The van der Waals surface area contributed by atoms with Crippen LogP contribution in [0.2, 0.25) is 0 Å². The predicted octanol–water partition coefficient (Wildman–Crippen LogP) is 3.31. The highest BCUT2D eigenvalue weighted by Crippen LogP contribution is 2.02. The highest BCUT2D eigenvalue weighted by molar-refractivity contribution is 5.44. The number of carbonyl (C=O) groups excluding carboxylic acids is 1. The van der Waals surface area contributed by atoms with Gasteiger partial charge in [0.2, 0.25) is 0 Å². The molecular formula is C12H18O. The van der Waals surface area contributed by atoms with Gasteiger partial charge in [-0.3, -0.25) is 0 Å². The molecule has 13 heavy (non-hydrogen) atoms. The van der Waals surface area contributed by atoms with Crippen molar-refractivity contribution in [3.63, 3.8) is 0 Å². The Hall–Kier alpha value is -1.37. The molecule has 0 spiro atoms. The van der Waals surface area contributed by atoms with E-state index in [1.807, 2.05) is 0 Å². The summed E-state index contributed by atoms with van der Waals surface area (Å²) >= 11 is 0. The second kappa shape index (κ2) is 10.6. The number of benzene rings is 1. The lowest BCUT2D eigenvalue weighted by Crippen LogP contribution is -1.74. The summed E-state index contributed by atoms with van der Waals surface area (Å²) in [7, 11) is 0. The molecule has 1 heteroatoms. The van der Waals surface area contributed by atoms with E-state index in [0.29, 0.717) is 0 Å². The summed E-state index contributed by atoms with van der Waals surface area (Å²) in [4.78, 5) is 8.81. The normalized spacial score (nSPS) is 7.00. The van der Waals surface area contributed by atoms with Crippen molar-refractivity contribution in [2.24, 2.45) is 0 Å². The van der Waals surface area contributed by atoms with Crippen LogP contribution in [-0.2, 0) is 4.79 Å². The first-order valence-corrected chi connectivity index (χ1v) is 4.14. The van der Waals surface area contributed by atoms with Gasteiger partial charge in [-0.2, -0.15) is 0 Å². The van der Waals surface area contributed by atoms with Crippen LogP contribution >= 0.6 is 0 Å². The quantitative estimate of drug-likeness (QED) is 0.440. The Morgan fingerprint density at radius 3 is 1.46 bits per heavy atom. The Labute approximate surface area is 81.1 Å². The average molecular weight is 178 g/mol. The maximum absolute atomic E-state index is 8.81. The fourth-order valence-corrected chi connectivity index (χ4v) is 0.663. The van der Waals surface area contributed by atoms with Gasteiger partial charge in [-0.1, -0.05) is 24.3 Å². The number of hydrogen-bond donors (Lipinski definition) is 0. The zero-order valence-electron chi connectivity index (χ0n) is 8.71. The first-order valence-electron chi connectivity index (χ1n) is 4.14. The maximum atomic E-state index is 8.81. The van der Waals surface area contributed by atoms with Gasteiger partial charge in [-0.25, -0.2) is 0 Å². The summed E-state index contributed by atoms with van der Waals surface area (Å²) < 4.78 is 0. The van der Waals surface area contributed by atoms with Crippen LogP contribution in [0.5, 0.6) is 0 Å². The maximum Gasteiger partial charge on any atom is 0.116 e. The number of aryl methyl sites for hydroxylation is 2. The van der Waals surface area contributed by atoms with Crippen LogP contribution in [0.25, 0.3) is 0 Å². The van der Waals surface area contributed by atoms with Gasteiger partial charge in [0.05, 0.1) is 0 Å². The van der Waals surface area contributed by atoms with Gasteiger partial charge in [-0.15, -0.1) is 13.2 Å². The fraction of sp³-hybridized carbons (Fsp3) is 0.250. The molecule has 1 nitrogen and oxygen atoms in total. The third-order valence-corrected chi connectivity index (χ3v) is 1.43. The summed E-state index contributed by atoms with van der Waals surface area (Å²) in [5.74, 6) is 0. The van der Waals surface area contributed by atoms with E-state index in [4.69, 9.17) is 4.79 Å². The third kappa shape index (κ3) is 8.54. The van der Waals surface area contributed by atoms with Crippen molar-refractivity contribution in [3.05, 3.63) is 48.6 Å². The highest BCUT2D eigenvalue weighted by Gasteiger charge is 1.83. The SMILES string of the molecule is C=C.CC=O.Cc1ccccc1C. The van der Waals surface area contributed by atoms with Gasteiger partial charge < -0.3 is 4.79 Å². The molecule has 0 unspecified atom stereocenters. The Morgan fingerprint density at radius 2 is 1.31 bits per heavy atom. The smallest absolute Gasteiger partial charge is 0.116 e. The number of rotatable bonds is 0. The number of carbonyl (C=O) groups is 1. The molecule has 0 radical (unpaired) electrons. The van der Waals surface area contributed by atoms with Gasteiger partial charge in [0.25, 0.3) is 0 Å². The van der Waals surface area contributed by atoms with Crippen LogP contribution in [0, 0.1) is 13.8 Å². The molecule has 72 valence electrons. The molecule has 0 saturated carbocycles. The van der Waals surface area contributed by atoms with E-state index in [9.17, 15) is 0 Å². The molecule has 0 atom stereocenters. The molecular weight excluding hydrogens is 160 g/mol. The van der Waals surface area contributed by atoms with E-state index in [2.05, 4.69) is 51.3 Å². The summed E-state index contributed by atoms with van der Waals surface area (Å²) in [6.07, 6.45) is 0.750. The Bertz CT molecular complexity index is 207. The summed E-state index contributed by atoms with van der Waals surface area (Å²) in [5, 5.41) is 0. The first-order chi connectivity index (χ1) is 6.22. The lowest BCUT2D eigenvalue weighted by Gasteiger charge is -1.93. The molecule has 0 aliphatic carbocycles. The summed E-state index contributed by atoms with van der Waals surface area (Å²) in [6, 6.07) is 8.36. The van der Waals surface area contributed by atoms with Crippen LogP contribution in [0.4, 0.5) is 0 Å². The van der Waals surface area contributed by atoms with E-state index < -0.39 is 0 Å². The zero-order chi connectivity index (χ0) is 10.7. The van der Waals surface area contributed by atoms with Gasteiger partial charge >= 0.3 is 0 Å². The largest absolute Gasteiger partial charge is 0.304 e. The van der Waals surface area contributed by atoms with E-state index in [1.165, 1.54) is 18.1 Å². The molecule has 0 fully saturated rings. The van der Waals surface area contributed by atoms with E-state index in [-0.39, 0.29) is 0 Å². The molecule has 0 heterocycles. The highest BCUT2D eigenvalue weighted by atomic mass is 16.1. The molecule has 0 aliphatic rings. The monoisotopic (exact) mass is 178 g/mol. The molecule has 0 aromatic heterocycles. The van der Waals surface area contributed by atoms with E-state index >= 15 is 0 Å². The standard InChI is InChI=1S/C8H10.C2H4O.C2H4/c1-7-5-3-4-6-8(7)2;1-2-3;1-2/h3-6H,1-2H3;2H,1H3;1-2H2. The molecule has 0 bridgehead atoms. The molecule has 1 aromatic carbocycles. The van der Waals surface area contributed by atoms with Crippen LogP contribution in [0.3, 0.4) is 0 Å². The minimum atomic E-state index is 0.750. The number of aldehydes is 1. The lowest BCUT2D eigenvalue weighted by molar-refractivity contribution is -0.106.